The van der Waals surface area contributed by atoms with Crippen LogP contribution < -0.4 is 5.73 Å². The predicted octanol–water partition coefficient (Wildman–Crippen LogP) is 1.13. The molecule has 1 aliphatic heterocycles. The van der Waals surface area contributed by atoms with E-state index in [9.17, 15) is 9.59 Å². The van der Waals surface area contributed by atoms with Gasteiger partial charge in [0.1, 0.15) is 12.4 Å². The maximum atomic E-state index is 12.7. The second-order valence-electron chi connectivity index (χ2n) is 5.81. The largest absolute Gasteiger partial charge is 0.383 e. The van der Waals surface area contributed by atoms with Crippen molar-refractivity contribution in [2.24, 2.45) is 5.92 Å². The number of carbonyl (C=O) groups is 2. The van der Waals surface area contributed by atoms with E-state index in [1.54, 1.807) is 9.58 Å². The van der Waals surface area contributed by atoms with Crippen LogP contribution in [0.15, 0.2) is 36.5 Å². The fourth-order valence-corrected chi connectivity index (χ4v) is 2.96. The van der Waals surface area contributed by atoms with Gasteiger partial charge in [-0.3, -0.25) is 9.59 Å². The van der Waals surface area contributed by atoms with Gasteiger partial charge in [-0.2, -0.15) is 5.10 Å². The standard InChI is InChI=1S/C17H20N4O3/c1-24-11-15(22)20-8-7-12(10-20)16(23)14-9-19-21(17(14)18)13-5-3-2-4-6-13/h2-6,9,12H,7-8,10-11,18H2,1H3/t12-/m1/s1. The quantitative estimate of drug-likeness (QED) is 0.831. The van der Waals surface area contributed by atoms with E-state index in [1.807, 2.05) is 30.3 Å². The van der Waals surface area contributed by atoms with Gasteiger partial charge in [0.2, 0.25) is 5.91 Å². The normalized spacial score (nSPS) is 17.2. The lowest BCUT2D eigenvalue weighted by molar-refractivity contribution is -0.134. The van der Waals surface area contributed by atoms with Gasteiger partial charge in [-0.15, -0.1) is 0 Å². The van der Waals surface area contributed by atoms with Crippen LogP contribution in [0.1, 0.15) is 16.8 Å². The summed E-state index contributed by atoms with van der Waals surface area (Å²) in [4.78, 5) is 26.2. The molecule has 1 aromatic carbocycles. The van der Waals surface area contributed by atoms with E-state index < -0.39 is 0 Å². The minimum Gasteiger partial charge on any atom is -0.383 e. The number of likely N-dealkylation sites (tertiary alicyclic amines) is 1. The molecular formula is C17H20N4O3. The van der Waals surface area contributed by atoms with Crippen molar-refractivity contribution < 1.29 is 14.3 Å². The molecule has 0 spiro atoms. The number of nitrogens with zero attached hydrogens (tertiary/aromatic N) is 3. The summed E-state index contributed by atoms with van der Waals surface area (Å²) in [5.41, 5.74) is 7.34. The molecule has 0 unspecified atom stereocenters. The number of para-hydroxylation sites is 1. The highest BCUT2D eigenvalue weighted by Crippen LogP contribution is 2.25. The van der Waals surface area contributed by atoms with Crippen LogP contribution in [0.4, 0.5) is 5.82 Å². The molecule has 0 saturated carbocycles. The molecule has 1 atom stereocenters. The Labute approximate surface area is 140 Å². The first kappa shape index (κ1) is 16.2. The highest BCUT2D eigenvalue weighted by Gasteiger charge is 2.33. The molecule has 1 saturated heterocycles. The summed E-state index contributed by atoms with van der Waals surface area (Å²) in [5.74, 6) is -0.0856. The van der Waals surface area contributed by atoms with Gasteiger partial charge in [-0.1, -0.05) is 18.2 Å². The Balaban J connectivity index is 1.75. The lowest BCUT2D eigenvalue weighted by atomic mass is 9.98. The second-order valence-corrected chi connectivity index (χ2v) is 5.81. The molecule has 1 aromatic heterocycles. The molecule has 1 fully saturated rings. The molecule has 0 bridgehead atoms. The van der Waals surface area contributed by atoms with Crippen LogP contribution in [-0.2, 0) is 9.53 Å². The van der Waals surface area contributed by atoms with E-state index in [0.717, 1.165) is 5.69 Å². The number of rotatable bonds is 5. The number of nitrogen functional groups attached to an aromatic ring is 1. The van der Waals surface area contributed by atoms with Crippen molar-refractivity contribution in [3.63, 3.8) is 0 Å². The highest BCUT2D eigenvalue weighted by atomic mass is 16.5. The van der Waals surface area contributed by atoms with Crippen LogP contribution in [0.5, 0.6) is 0 Å². The summed E-state index contributed by atoms with van der Waals surface area (Å²) >= 11 is 0. The van der Waals surface area contributed by atoms with Gasteiger partial charge in [0.25, 0.3) is 0 Å². The Morgan fingerprint density at radius 2 is 2.08 bits per heavy atom. The number of benzene rings is 1. The van der Waals surface area contributed by atoms with Gasteiger partial charge in [0.05, 0.1) is 17.4 Å². The molecule has 0 aliphatic carbocycles. The van der Waals surface area contributed by atoms with Crippen molar-refractivity contribution in [2.45, 2.75) is 6.42 Å². The van der Waals surface area contributed by atoms with Crippen molar-refractivity contribution in [2.75, 3.05) is 32.5 Å². The number of Topliss-reactive ketones (excluding diaryl/α,β-unsaturated/α-hetero) is 1. The van der Waals surface area contributed by atoms with Crippen molar-refractivity contribution in [3.05, 3.63) is 42.1 Å². The van der Waals surface area contributed by atoms with Crippen molar-refractivity contribution in [1.82, 2.24) is 14.7 Å². The number of methoxy groups -OCH3 is 1. The van der Waals surface area contributed by atoms with E-state index in [2.05, 4.69) is 5.10 Å². The third-order valence-corrected chi connectivity index (χ3v) is 4.25. The van der Waals surface area contributed by atoms with Crippen LogP contribution in [-0.4, -0.2) is 53.2 Å². The molecule has 24 heavy (non-hydrogen) atoms. The average molecular weight is 328 g/mol. The zero-order valence-electron chi connectivity index (χ0n) is 13.5. The maximum Gasteiger partial charge on any atom is 0.248 e. The summed E-state index contributed by atoms with van der Waals surface area (Å²) in [7, 11) is 1.48. The molecule has 3 rings (SSSR count). The molecule has 7 heteroatoms. The summed E-state index contributed by atoms with van der Waals surface area (Å²) in [5, 5.41) is 4.23. The number of hydrogen-bond acceptors (Lipinski definition) is 5. The van der Waals surface area contributed by atoms with E-state index in [4.69, 9.17) is 10.5 Å². The van der Waals surface area contributed by atoms with E-state index in [1.165, 1.54) is 13.3 Å². The molecule has 7 nitrogen and oxygen atoms in total. The van der Waals surface area contributed by atoms with Crippen molar-refractivity contribution >= 4 is 17.5 Å². The number of carbonyl (C=O) groups excluding carboxylic acids is 2. The predicted molar refractivity (Wildman–Crippen MR) is 88.9 cm³/mol. The van der Waals surface area contributed by atoms with Crippen LogP contribution in [0.2, 0.25) is 0 Å². The van der Waals surface area contributed by atoms with Gasteiger partial charge in [0.15, 0.2) is 5.78 Å². The van der Waals surface area contributed by atoms with E-state index in [-0.39, 0.29) is 24.2 Å². The second kappa shape index (κ2) is 6.84. The first-order chi connectivity index (χ1) is 11.6. The van der Waals surface area contributed by atoms with Gasteiger partial charge in [-0.25, -0.2) is 4.68 Å². The number of ether oxygens (including phenoxy) is 1. The number of ketones is 1. The first-order valence-corrected chi connectivity index (χ1v) is 7.81. The summed E-state index contributed by atoms with van der Waals surface area (Å²) in [6, 6.07) is 9.42. The Hall–Kier alpha value is -2.67. The SMILES string of the molecule is COCC(=O)N1CC[C@@H](C(=O)c2cnn(-c3ccccc3)c2N)C1. The van der Waals surface area contributed by atoms with Crippen molar-refractivity contribution in [3.8, 4) is 5.69 Å². The van der Waals surface area contributed by atoms with Crippen molar-refractivity contribution in [1.29, 1.82) is 0 Å². The first-order valence-electron chi connectivity index (χ1n) is 7.81. The number of anilines is 1. The van der Waals surface area contributed by atoms with Crippen LogP contribution >= 0.6 is 0 Å². The number of amides is 1. The van der Waals surface area contributed by atoms with Crippen LogP contribution in [0.25, 0.3) is 5.69 Å². The monoisotopic (exact) mass is 328 g/mol. The highest BCUT2D eigenvalue weighted by molar-refractivity contribution is 6.02. The van der Waals surface area contributed by atoms with Crippen LogP contribution in [0.3, 0.4) is 0 Å². The average Bonchev–Trinajstić information content (AvgIpc) is 3.22. The van der Waals surface area contributed by atoms with E-state index in [0.29, 0.717) is 30.9 Å². The number of nitrogens with two attached hydrogens (primary N) is 1. The van der Waals surface area contributed by atoms with Gasteiger partial charge in [0, 0.05) is 26.1 Å². The molecule has 2 heterocycles. The fourth-order valence-electron chi connectivity index (χ4n) is 2.96. The Kier molecular flexibility index (Phi) is 4.61. The Bertz CT molecular complexity index is 742. The zero-order valence-corrected chi connectivity index (χ0v) is 13.5. The number of aromatic nitrogens is 2. The molecule has 2 aromatic rings. The minimum absolute atomic E-state index is 0.0367. The lowest BCUT2D eigenvalue weighted by Gasteiger charge is -2.15. The molecular weight excluding hydrogens is 308 g/mol. The third kappa shape index (κ3) is 3.03. The molecule has 2 N–H and O–H groups in total. The topological polar surface area (TPSA) is 90.5 Å². The molecule has 1 amide bonds. The Morgan fingerprint density at radius 1 is 1.33 bits per heavy atom. The lowest BCUT2D eigenvalue weighted by Crippen LogP contribution is -2.32. The smallest absolute Gasteiger partial charge is 0.248 e. The molecule has 0 radical (unpaired) electrons. The zero-order chi connectivity index (χ0) is 17.1. The van der Waals surface area contributed by atoms with Crippen LogP contribution in [0, 0.1) is 5.92 Å². The maximum absolute atomic E-state index is 12.7. The van der Waals surface area contributed by atoms with E-state index >= 15 is 0 Å². The molecule has 1 aliphatic rings. The molecule has 126 valence electrons. The Morgan fingerprint density at radius 3 is 2.79 bits per heavy atom. The minimum atomic E-state index is -0.249. The van der Waals surface area contributed by atoms with Gasteiger partial charge >= 0.3 is 0 Å². The number of hydrogen-bond donors (Lipinski definition) is 1. The third-order valence-electron chi connectivity index (χ3n) is 4.25. The summed E-state index contributed by atoms with van der Waals surface area (Å²) in [6.45, 7) is 0.997. The van der Waals surface area contributed by atoms with Gasteiger partial charge < -0.3 is 15.4 Å². The van der Waals surface area contributed by atoms with Gasteiger partial charge in [-0.05, 0) is 18.6 Å². The summed E-state index contributed by atoms with van der Waals surface area (Å²) < 4.78 is 6.41. The summed E-state index contributed by atoms with van der Waals surface area (Å²) in [6.07, 6.45) is 2.13. The fraction of sp³-hybridized carbons (Fsp3) is 0.353.